The second-order valence-corrected chi connectivity index (χ2v) is 8.24. The molecule has 0 spiro atoms. The molecule has 2 aliphatic rings. The zero-order valence-corrected chi connectivity index (χ0v) is 17.7. The Kier molecular flexibility index (Phi) is 7.30. The molecule has 3 rings (SSSR count). The standard InChI is InChI=1S/C24H36N2O2/c1-4-15-26-22(16-25(5-2)18(3)28)24(23(26)17-27)21-13-11-20(12-14-21)19-9-7-6-8-10-19/h9,11-14,22-24,27H,4-8,10,15-17H2,1-3H3/t22-,23-,24-/m1/s1. The molecule has 1 saturated heterocycles. The van der Waals surface area contributed by atoms with Gasteiger partial charge in [-0.2, -0.15) is 0 Å². The first-order chi connectivity index (χ1) is 13.6. The first kappa shape index (κ1) is 21.1. The lowest BCUT2D eigenvalue weighted by Gasteiger charge is -2.56. The van der Waals surface area contributed by atoms with Crippen molar-refractivity contribution >= 4 is 11.5 Å². The van der Waals surface area contributed by atoms with Gasteiger partial charge in [-0.25, -0.2) is 0 Å². The van der Waals surface area contributed by atoms with E-state index in [1.165, 1.54) is 42.4 Å². The number of benzene rings is 1. The third-order valence-corrected chi connectivity index (χ3v) is 6.54. The molecular formula is C24H36N2O2. The van der Waals surface area contributed by atoms with Crippen LogP contribution in [0.15, 0.2) is 30.3 Å². The Morgan fingerprint density at radius 1 is 1.18 bits per heavy atom. The highest BCUT2D eigenvalue weighted by Gasteiger charge is 2.48. The molecule has 0 bridgehead atoms. The minimum atomic E-state index is 0.129. The summed E-state index contributed by atoms with van der Waals surface area (Å²) < 4.78 is 0. The van der Waals surface area contributed by atoms with E-state index in [2.05, 4.69) is 42.2 Å². The van der Waals surface area contributed by atoms with E-state index in [9.17, 15) is 9.90 Å². The molecule has 0 aromatic heterocycles. The highest BCUT2D eigenvalue weighted by atomic mass is 16.3. The third-order valence-electron chi connectivity index (χ3n) is 6.54. The number of hydrogen-bond acceptors (Lipinski definition) is 3. The summed E-state index contributed by atoms with van der Waals surface area (Å²) in [5, 5.41) is 10.1. The third kappa shape index (κ3) is 4.33. The van der Waals surface area contributed by atoms with E-state index >= 15 is 0 Å². The number of nitrogens with zero attached hydrogens (tertiary/aromatic N) is 2. The van der Waals surface area contributed by atoms with E-state index in [0.717, 1.165) is 26.1 Å². The minimum Gasteiger partial charge on any atom is -0.395 e. The van der Waals surface area contributed by atoms with Crippen LogP contribution in [-0.4, -0.2) is 59.1 Å². The number of allylic oxidation sites excluding steroid dienone is 2. The van der Waals surface area contributed by atoms with Crippen LogP contribution in [0.1, 0.15) is 69.9 Å². The molecule has 28 heavy (non-hydrogen) atoms. The van der Waals surface area contributed by atoms with Crippen molar-refractivity contribution in [3.8, 4) is 0 Å². The molecule has 4 nitrogen and oxygen atoms in total. The number of likely N-dealkylation sites (N-methyl/N-ethyl adjacent to an activating group) is 1. The molecule has 1 heterocycles. The van der Waals surface area contributed by atoms with Crippen LogP contribution < -0.4 is 0 Å². The van der Waals surface area contributed by atoms with Gasteiger partial charge in [-0.15, -0.1) is 0 Å². The topological polar surface area (TPSA) is 43.8 Å². The molecule has 1 N–H and O–H groups in total. The first-order valence-corrected chi connectivity index (χ1v) is 11.0. The zero-order chi connectivity index (χ0) is 20.1. The first-order valence-electron chi connectivity index (χ1n) is 11.0. The van der Waals surface area contributed by atoms with Crippen LogP contribution in [-0.2, 0) is 4.79 Å². The van der Waals surface area contributed by atoms with Gasteiger partial charge in [0.25, 0.3) is 0 Å². The van der Waals surface area contributed by atoms with Gasteiger partial charge in [0.15, 0.2) is 0 Å². The number of hydrogen-bond donors (Lipinski definition) is 1. The Bertz CT molecular complexity index is 682. The Morgan fingerprint density at radius 3 is 2.46 bits per heavy atom. The summed E-state index contributed by atoms with van der Waals surface area (Å²) in [4.78, 5) is 16.3. The highest BCUT2D eigenvalue weighted by Crippen LogP contribution is 2.41. The largest absolute Gasteiger partial charge is 0.395 e. The van der Waals surface area contributed by atoms with Gasteiger partial charge in [-0.3, -0.25) is 9.69 Å². The maximum atomic E-state index is 12.0. The molecule has 1 amide bonds. The van der Waals surface area contributed by atoms with Gasteiger partial charge in [0.1, 0.15) is 0 Å². The summed E-state index contributed by atoms with van der Waals surface area (Å²) in [6, 6.07) is 9.43. The number of carbonyl (C=O) groups is 1. The lowest BCUT2D eigenvalue weighted by atomic mass is 9.74. The SMILES string of the molecule is CCCN1[C@H](CO)[C@H](c2ccc(C3=CCCCC3)cc2)[C@H]1CN(CC)C(C)=O. The lowest BCUT2D eigenvalue weighted by molar-refractivity contribution is -0.132. The van der Waals surface area contributed by atoms with Gasteiger partial charge in [0.05, 0.1) is 6.61 Å². The molecule has 1 aliphatic heterocycles. The molecule has 1 fully saturated rings. The van der Waals surface area contributed by atoms with Gasteiger partial charge in [0.2, 0.25) is 5.91 Å². The molecule has 0 unspecified atom stereocenters. The Hall–Kier alpha value is -1.65. The van der Waals surface area contributed by atoms with E-state index < -0.39 is 0 Å². The quantitative estimate of drug-likeness (QED) is 0.735. The molecule has 154 valence electrons. The lowest BCUT2D eigenvalue weighted by Crippen LogP contribution is -2.67. The van der Waals surface area contributed by atoms with Crippen molar-refractivity contribution in [3.63, 3.8) is 0 Å². The van der Waals surface area contributed by atoms with Crippen LogP contribution in [0.2, 0.25) is 0 Å². The number of likely N-dealkylation sites (tertiary alicyclic amines) is 1. The van der Waals surface area contributed by atoms with E-state index in [4.69, 9.17) is 0 Å². The second-order valence-electron chi connectivity index (χ2n) is 8.24. The van der Waals surface area contributed by atoms with Gasteiger partial charge < -0.3 is 10.0 Å². The van der Waals surface area contributed by atoms with Crippen LogP contribution in [0, 0.1) is 0 Å². The van der Waals surface area contributed by atoms with Crippen molar-refractivity contribution in [3.05, 3.63) is 41.5 Å². The summed E-state index contributed by atoms with van der Waals surface area (Å²) in [6.07, 6.45) is 8.40. The average molecular weight is 385 g/mol. The van der Waals surface area contributed by atoms with Crippen molar-refractivity contribution in [2.24, 2.45) is 0 Å². The van der Waals surface area contributed by atoms with E-state index in [-0.39, 0.29) is 30.5 Å². The highest BCUT2D eigenvalue weighted by molar-refractivity contribution is 5.73. The maximum Gasteiger partial charge on any atom is 0.219 e. The summed E-state index contributed by atoms with van der Waals surface area (Å²) >= 11 is 0. The van der Waals surface area contributed by atoms with E-state index in [0.29, 0.717) is 0 Å². The molecule has 0 saturated carbocycles. The summed E-state index contributed by atoms with van der Waals surface area (Å²) in [5.41, 5.74) is 4.10. The van der Waals surface area contributed by atoms with Gasteiger partial charge in [0, 0.05) is 38.0 Å². The number of aliphatic hydroxyl groups excluding tert-OH is 1. The van der Waals surface area contributed by atoms with E-state index in [1.807, 2.05) is 11.8 Å². The van der Waals surface area contributed by atoms with Gasteiger partial charge in [-0.1, -0.05) is 37.3 Å². The molecule has 0 radical (unpaired) electrons. The van der Waals surface area contributed by atoms with Gasteiger partial charge >= 0.3 is 0 Å². The zero-order valence-electron chi connectivity index (χ0n) is 17.7. The predicted octanol–water partition coefficient (Wildman–Crippen LogP) is 4.05. The molecule has 1 aromatic carbocycles. The fourth-order valence-corrected chi connectivity index (χ4v) is 5.01. The van der Waals surface area contributed by atoms with Crippen LogP contribution in [0.5, 0.6) is 0 Å². The fraction of sp³-hybridized carbons (Fsp3) is 0.625. The van der Waals surface area contributed by atoms with Crippen LogP contribution >= 0.6 is 0 Å². The summed E-state index contributed by atoms with van der Waals surface area (Å²) in [6.45, 7) is 8.46. The van der Waals surface area contributed by atoms with Crippen LogP contribution in [0.4, 0.5) is 0 Å². The van der Waals surface area contributed by atoms with Gasteiger partial charge in [-0.05, 0) is 62.3 Å². The maximum absolute atomic E-state index is 12.0. The second kappa shape index (κ2) is 9.71. The number of aliphatic hydroxyl groups is 1. The molecular weight excluding hydrogens is 348 g/mol. The molecule has 1 aromatic rings. The minimum absolute atomic E-state index is 0.129. The van der Waals surface area contributed by atoms with Crippen LogP contribution in [0.25, 0.3) is 5.57 Å². The normalized spacial score (nSPS) is 25.1. The smallest absolute Gasteiger partial charge is 0.219 e. The van der Waals surface area contributed by atoms with Crippen molar-refractivity contribution in [1.82, 2.24) is 9.80 Å². The number of rotatable bonds is 8. The Morgan fingerprint density at radius 2 is 1.93 bits per heavy atom. The van der Waals surface area contributed by atoms with Crippen LogP contribution in [0.3, 0.4) is 0 Å². The van der Waals surface area contributed by atoms with Crippen molar-refractivity contribution in [2.45, 2.75) is 70.9 Å². The van der Waals surface area contributed by atoms with Crippen molar-refractivity contribution in [1.29, 1.82) is 0 Å². The Balaban J connectivity index is 1.81. The Labute approximate surface area is 170 Å². The van der Waals surface area contributed by atoms with Crippen molar-refractivity contribution < 1.29 is 9.90 Å². The average Bonchev–Trinajstić information content (AvgIpc) is 2.72. The van der Waals surface area contributed by atoms with Crippen molar-refractivity contribution in [2.75, 3.05) is 26.2 Å². The number of amides is 1. The summed E-state index contributed by atoms with van der Waals surface area (Å²) in [7, 11) is 0. The predicted molar refractivity (Wildman–Crippen MR) is 115 cm³/mol. The van der Waals surface area contributed by atoms with E-state index in [1.54, 1.807) is 6.92 Å². The number of carbonyl (C=O) groups excluding carboxylic acids is 1. The monoisotopic (exact) mass is 384 g/mol. The summed E-state index contributed by atoms with van der Waals surface area (Å²) in [5.74, 6) is 0.407. The molecule has 4 heteroatoms. The molecule has 1 aliphatic carbocycles. The molecule has 3 atom stereocenters. The fourth-order valence-electron chi connectivity index (χ4n) is 5.01.